The molecule has 142 valence electrons. The first-order chi connectivity index (χ1) is 12.6. The van der Waals surface area contributed by atoms with Gasteiger partial charge in [0.25, 0.3) is 0 Å². The maximum absolute atomic E-state index is 11.2. The van der Waals surface area contributed by atoms with Gasteiger partial charge in [-0.1, -0.05) is 18.2 Å². The Morgan fingerprint density at radius 3 is 2.88 bits per heavy atom. The van der Waals surface area contributed by atoms with Crippen molar-refractivity contribution in [2.75, 3.05) is 20.8 Å². The second-order valence-corrected chi connectivity index (χ2v) is 6.79. The first-order valence-electron chi connectivity index (χ1n) is 9.19. The Bertz CT molecular complexity index is 755. The van der Waals surface area contributed by atoms with E-state index in [1.807, 2.05) is 4.68 Å². The van der Waals surface area contributed by atoms with Gasteiger partial charge in [0.05, 0.1) is 24.9 Å². The van der Waals surface area contributed by atoms with Gasteiger partial charge in [0.2, 0.25) is 0 Å². The first-order valence-corrected chi connectivity index (χ1v) is 9.19. The molecule has 7 heteroatoms. The van der Waals surface area contributed by atoms with Crippen LogP contribution in [-0.4, -0.2) is 42.7 Å². The Morgan fingerprint density at radius 2 is 2.19 bits per heavy atom. The van der Waals surface area contributed by atoms with Gasteiger partial charge >= 0.3 is 6.09 Å². The third kappa shape index (κ3) is 4.34. The lowest BCUT2D eigenvalue weighted by atomic mass is 10.1. The van der Waals surface area contributed by atoms with E-state index in [-0.39, 0.29) is 6.04 Å². The fourth-order valence-corrected chi connectivity index (χ4v) is 3.26. The van der Waals surface area contributed by atoms with Crippen molar-refractivity contribution in [3.8, 4) is 0 Å². The summed E-state index contributed by atoms with van der Waals surface area (Å²) < 4.78 is 12.0. The van der Waals surface area contributed by atoms with Crippen LogP contribution >= 0.6 is 0 Å². The third-order valence-electron chi connectivity index (χ3n) is 4.66. The fraction of sp³-hybridized carbons (Fsp3) is 0.579. The summed E-state index contributed by atoms with van der Waals surface area (Å²) in [6, 6.07) is 7.10. The summed E-state index contributed by atoms with van der Waals surface area (Å²) in [6.45, 7) is 3.99. The van der Waals surface area contributed by atoms with Crippen LogP contribution in [0.1, 0.15) is 43.5 Å². The van der Waals surface area contributed by atoms with Crippen LogP contribution in [0.15, 0.2) is 18.2 Å². The molecule has 1 aliphatic carbocycles. The number of aryl methyl sites for hydroxylation is 1. The predicted octanol–water partition coefficient (Wildman–Crippen LogP) is 2.74. The van der Waals surface area contributed by atoms with E-state index in [1.54, 1.807) is 7.11 Å². The standard InChI is InChI=1S/C19H28N4O3/c1-13(21-15-8-9-15)17-16-7-4-6-14(12-25-2)18(16)23(22-17)11-5-10-20-19(24)26-3/h4,6-7,13,15,21H,5,8-12H2,1-3H3,(H,20,24). The van der Waals surface area contributed by atoms with Crippen LogP contribution in [0.4, 0.5) is 4.79 Å². The van der Waals surface area contributed by atoms with Gasteiger partial charge in [-0.3, -0.25) is 4.68 Å². The van der Waals surface area contributed by atoms with E-state index >= 15 is 0 Å². The number of ether oxygens (including phenoxy) is 2. The zero-order valence-electron chi connectivity index (χ0n) is 15.7. The van der Waals surface area contributed by atoms with E-state index in [2.05, 4.69) is 40.5 Å². The van der Waals surface area contributed by atoms with E-state index in [4.69, 9.17) is 9.84 Å². The third-order valence-corrected chi connectivity index (χ3v) is 4.66. The summed E-state index contributed by atoms with van der Waals surface area (Å²) in [6.07, 6.45) is 2.86. The van der Waals surface area contributed by atoms with Crippen LogP contribution in [0.5, 0.6) is 0 Å². The van der Waals surface area contributed by atoms with Gasteiger partial charge in [-0.05, 0) is 26.2 Å². The molecule has 2 N–H and O–H groups in total. The molecule has 7 nitrogen and oxygen atoms in total. The number of benzene rings is 1. The average Bonchev–Trinajstić information content (AvgIpc) is 3.37. The van der Waals surface area contributed by atoms with Crippen LogP contribution in [0, 0.1) is 0 Å². The van der Waals surface area contributed by atoms with Crippen molar-refractivity contribution in [2.24, 2.45) is 0 Å². The highest BCUT2D eigenvalue weighted by atomic mass is 16.5. The summed E-state index contributed by atoms with van der Waals surface area (Å²) >= 11 is 0. The second-order valence-electron chi connectivity index (χ2n) is 6.79. The minimum atomic E-state index is -0.404. The lowest BCUT2D eigenvalue weighted by Gasteiger charge is -2.10. The number of hydrogen-bond donors (Lipinski definition) is 2. The number of hydrogen-bond acceptors (Lipinski definition) is 5. The van der Waals surface area contributed by atoms with E-state index in [9.17, 15) is 4.79 Å². The maximum atomic E-state index is 11.2. The summed E-state index contributed by atoms with van der Waals surface area (Å²) in [4.78, 5) is 11.2. The summed E-state index contributed by atoms with van der Waals surface area (Å²) in [5.74, 6) is 0. The number of methoxy groups -OCH3 is 2. The number of aromatic nitrogens is 2. The van der Waals surface area contributed by atoms with Gasteiger partial charge in [0.15, 0.2) is 0 Å². The molecular weight excluding hydrogens is 332 g/mol. The van der Waals surface area contributed by atoms with E-state index < -0.39 is 6.09 Å². The zero-order valence-corrected chi connectivity index (χ0v) is 15.7. The molecule has 1 aromatic carbocycles. The minimum absolute atomic E-state index is 0.206. The highest BCUT2D eigenvalue weighted by Gasteiger charge is 2.26. The number of rotatable bonds is 9. The molecule has 0 aliphatic heterocycles. The zero-order chi connectivity index (χ0) is 18.5. The van der Waals surface area contributed by atoms with Gasteiger partial charge in [0, 0.05) is 43.2 Å². The monoisotopic (exact) mass is 360 g/mol. The van der Waals surface area contributed by atoms with Crippen LogP contribution in [0.3, 0.4) is 0 Å². The van der Waals surface area contributed by atoms with E-state index in [0.29, 0.717) is 19.2 Å². The number of amides is 1. The average molecular weight is 360 g/mol. The van der Waals surface area contributed by atoms with E-state index in [1.165, 1.54) is 25.3 Å². The molecule has 0 bridgehead atoms. The number of carbonyl (C=O) groups excluding carboxylic acids is 1. The molecule has 1 saturated carbocycles. The number of nitrogens with zero attached hydrogens (tertiary/aromatic N) is 2. The molecule has 2 aromatic rings. The first kappa shape index (κ1) is 18.7. The van der Waals surface area contributed by atoms with Gasteiger partial charge < -0.3 is 20.1 Å². The molecule has 1 amide bonds. The van der Waals surface area contributed by atoms with Crippen LogP contribution < -0.4 is 10.6 Å². The quantitative estimate of drug-likeness (QED) is 0.673. The molecule has 1 unspecified atom stereocenters. The number of fused-ring (bicyclic) bond motifs is 1. The Labute approximate surface area is 154 Å². The molecule has 0 saturated heterocycles. The lowest BCUT2D eigenvalue weighted by molar-refractivity contribution is 0.170. The summed E-state index contributed by atoms with van der Waals surface area (Å²) in [7, 11) is 3.08. The number of para-hydroxylation sites is 1. The SMILES string of the molecule is COCc1cccc2c(C(C)NC3CC3)nn(CCCNC(=O)OC)c12. The Hall–Kier alpha value is -2.12. The van der Waals surface area contributed by atoms with Crippen molar-refractivity contribution in [2.45, 2.75) is 51.4 Å². The Balaban J connectivity index is 1.83. The molecule has 1 aliphatic rings. The van der Waals surface area contributed by atoms with E-state index in [0.717, 1.165) is 29.7 Å². The lowest BCUT2D eigenvalue weighted by Crippen LogP contribution is -2.25. The van der Waals surface area contributed by atoms with Crippen molar-refractivity contribution in [3.05, 3.63) is 29.5 Å². The van der Waals surface area contributed by atoms with Crippen molar-refractivity contribution in [1.29, 1.82) is 0 Å². The van der Waals surface area contributed by atoms with Gasteiger partial charge in [-0.2, -0.15) is 5.10 Å². The van der Waals surface area contributed by atoms with Gasteiger partial charge in [-0.15, -0.1) is 0 Å². The smallest absolute Gasteiger partial charge is 0.406 e. The normalized spacial score (nSPS) is 15.2. The maximum Gasteiger partial charge on any atom is 0.406 e. The summed E-state index contributed by atoms with van der Waals surface area (Å²) in [5.41, 5.74) is 3.32. The minimum Gasteiger partial charge on any atom is -0.453 e. The molecule has 1 atom stereocenters. The van der Waals surface area contributed by atoms with Crippen molar-refractivity contribution in [1.82, 2.24) is 20.4 Å². The molecular formula is C19H28N4O3. The Morgan fingerprint density at radius 1 is 1.38 bits per heavy atom. The van der Waals surface area contributed by atoms with Crippen molar-refractivity contribution < 1.29 is 14.3 Å². The highest BCUT2D eigenvalue weighted by Crippen LogP contribution is 2.30. The van der Waals surface area contributed by atoms with Crippen LogP contribution in [0.25, 0.3) is 10.9 Å². The fourth-order valence-electron chi connectivity index (χ4n) is 3.26. The molecule has 26 heavy (non-hydrogen) atoms. The predicted molar refractivity (Wildman–Crippen MR) is 100 cm³/mol. The number of alkyl carbamates (subject to hydrolysis) is 1. The number of nitrogens with one attached hydrogen (secondary N) is 2. The van der Waals surface area contributed by atoms with Gasteiger partial charge in [0.1, 0.15) is 0 Å². The van der Waals surface area contributed by atoms with Crippen molar-refractivity contribution >= 4 is 17.0 Å². The largest absolute Gasteiger partial charge is 0.453 e. The van der Waals surface area contributed by atoms with Crippen LogP contribution in [-0.2, 0) is 22.6 Å². The van der Waals surface area contributed by atoms with Gasteiger partial charge in [-0.25, -0.2) is 4.79 Å². The molecule has 3 rings (SSSR count). The molecule has 0 spiro atoms. The topological polar surface area (TPSA) is 77.4 Å². The molecule has 0 radical (unpaired) electrons. The second kappa shape index (κ2) is 8.51. The molecule has 1 aromatic heterocycles. The Kier molecular flexibility index (Phi) is 6.11. The highest BCUT2D eigenvalue weighted by molar-refractivity contribution is 5.85. The molecule has 1 fully saturated rings. The van der Waals surface area contributed by atoms with Crippen LogP contribution in [0.2, 0.25) is 0 Å². The molecule has 1 heterocycles. The summed E-state index contributed by atoms with van der Waals surface area (Å²) in [5, 5.41) is 12.4. The number of carbonyl (C=O) groups is 1. The van der Waals surface area contributed by atoms with Crippen molar-refractivity contribution in [3.63, 3.8) is 0 Å².